The summed E-state index contributed by atoms with van der Waals surface area (Å²) in [5.74, 6) is 0.750. The first-order chi connectivity index (χ1) is 7.74. The zero-order valence-corrected chi connectivity index (χ0v) is 9.86. The number of nitrogens with zero attached hydrogens (tertiary/aromatic N) is 1. The van der Waals surface area contributed by atoms with Crippen LogP contribution in [0, 0.1) is 0 Å². The fraction of sp³-hybridized carbons (Fsp3) is 0.615. The van der Waals surface area contributed by atoms with E-state index in [1.54, 1.807) is 0 Å². The van der Waals surface area contributed by atoms with Gasteiger partial charge in [-0.25, -0.2) is 4.98 Å². The van der Waals surface area contributed by atoms with Crippen LogP contribution in [0.3, 0.4) is 0 Å². The second kappa shape index (κ2) is 5.30. The zero-order chi connectivity index (χ0) is 11.4. The third-order valence-electron chi connectivity index (χ3n) is 2.94. The highest BCUT2D eigenvalue weighted by Gasteiger charge is 2.16. The maximum Gasteiger partial charge on any atom is 0.213 e. The molecule has 16 heavy (non-hydrogen) atoms. The second-order valence-electron chi connectivity index (χ2n) is 4.71. The van der Waals surface area contributed by atoms with E-state index in [9.17, 15) is 0 Å². The Balaban J connectivity index is 1.90. The Labute approximate surface area is 97.0 Å². The summed E-state index contributed by atoms with van der Waals surface area (Å²) in [6, 6.07) is 4.19. The molecule has 1 aliphatic carbocycles. The van der Waals surface area contributed by atoms with Gasteiger partial charge in [-0.2, -0.15) is 0 Å². The summed E-state index contributed by atoms with van der Waals surface area (Å²) in [6.45, 7) is 2.00. The van der Waals surface area contributed by atoms with Crippen molar-refractivity contribution in [2.24, 2.45) is 5.73 Å². The van der Waals surface area contributed by atoms with E-state index in [1.165, 1.54) is 31.2 Å². The van der Waals surface area contributed by atoms with Crippen molar-refractivity contribution < 1.29 is 4.74 Å². The predicted molar refractivity (Wildman–Crippen MR) is 64.5 cm³/mol. The lowest BCUT2D eigenvalue weighted by Gasteiger charge is -2.12. The molecule has 1 atom stereocenters. The smallest absolute Gasteiger partial charge is 0.213 e. The molecule has 0 aliphatic heterocycles. The molecule has 1 saturated carbocycles. The Morgan fingerprint density at radius 3 is 2.75 bits per heavy atom. The van der Waals surface area contributed by atoms with Gasteiger partial charge in [0.25, 0.3) is 0 Å². The van der Waals surface area contributed by atoms with Crippen molar-refractivity contribution in [1.29, 1.82) is 0 Å². The molecule has 1 fully saturated rings. The van der Waals surface area contributed by atoms with E-state index < -0.39 is 0 Å². The van der Waals surface area contributed by atoms with Crippen LogP contribution in [-0.4, -0.2) is 17.1 Å². The summed E-state index contributed by atoms with van der Waals surface area (Å²) in [5.41, 5.74) is 6.91. The first kappa shape index (κ1) is 11.4. The SMILES string of the molecule is CC(N)Cc1ccc(OC2CCCC2)nc1. The highest BCUT2D eigenvalue weighted by Crippen LogP contribution is 2.22. The molecule has 3 heteroatoms. The van der Waals surface area contributed by atoms with Crippen LogP contribution in [0.2, 0.25) is 0 Å². The van der Waals surface area contributed by atoms with Crippen molar-refractivity contribution in [3.63, 3.8) is 0 Å². The number of aromatic nitrogens is 1. The maximum atomic E-state index is 5.79. The number of nitrogens with two attached hydrogens (primary N) is 1. The second-order valence-corrected chi connectivity index (χ2v) is 4.71. The van der Waals surface area contributed by atoms with Crippen molar-refractivity contribution in [2.45, 2.75) is 51.2 Å². The molecule has 3 nitrogen and oxygen atoms in total. The largest absolute Gasteiger partial charge is 0.474 e. The molecule has 0 amide bonds. The van der Waals surface area contributed by atoms with E-state index >= 15 is 0 Å². The summed E-state index contributed by atoms with van der Waals surface area (Å²) < 4.78 is 5.79. The van der Waals surface area contributed by atoms with Gasteiger partial charge in [0.1, 0.15) is 6.10 Å². The van der Waals surface area contributed by atoms with Gasteiger partial charge in [0.15, 0.2) is 0 Å². The van der Waals surface area contributed by atoms with E-state index in [0.717, 1.165) is 12.3 Å². The summed E-state index contributed by atoms with van der Waals surface area (Å²) in [7, 11) is 0. The van der Waals surface area contributed by atoms with Crippen molar-refractivity contribution in [3.8, 4) is 5.88 Å². The van der Waals surface area contributed by atoms with Crippen LogP contribution < -0.4 is 10.5 Å². The Morgan fingerprint density at radius 1 is 1.44 bits per heavy atom. The first-order valence-corrected chi connectivity index (χ1v) is 6.11. The van der Waals surface area contributed by atoms with Crippen LogP contribution in [0.5, 0.6) is 5.88 Å². The number of ether oxygens (including phenoxy) is 1. The van der Waals surface area contributed by atoms with Gasteiger partial charge in [0, 0.05) is 18.3 Å². The van der Waals surface area contributed by atoms with E-state index in [4.69, 9.17) is 10.5 Å². The zero-order valence-electron chi connectivity index (χ0n) is 9.86. The predicted octanol–water partition coefficient (Wildman–Crippen LogP) is 2.29. The van der Waals surface area contributed by atoms with Gasteiger partial charge in [-0.05, 0) is 44.6 Å². The van der Waals surface area contributed by atoms with Crippen LogP contribution in [0.15, 0.2) is 18.3 Å². The van der Waals surface area contributed by atoms with Crippen molar-refractivity contribution >= 4 is 0 Å². The number of rotatable bonds is 4. The molecule has 0 spiro atoms. The molecule has 2 rings (SSSR count). The summed E-state index contributed by atoms with van der Waals surface area (Å²) in [4.78, 5) is 4.32. The molecule has 0 aromatic carbocycles. The number of hydrogen-bond acceptors (Lipinski definition) is 3. The van der Waals surface area contributed by atoms with Gasteiger partial charge in [0.2, 0.25) is 5.88 Å². The van der Waals surface area contributed by atoms with Crippen LogP contribution >= 0.6 is 0 Å². The molecular formula is C13H20N2O. The van der Waals surface area contributed by atoms with E-state index in [1.807, 2.05) is 19.2 Å². The van der Waals surface area contributed by atoms with Crippen molar-refractivity contribution in [3.05, 3.63) is 23.9 Å². The number of hydrogen-bond donors (Lipinski definition) is 1. The van der Waals surface area contributed by atoms with Crippen LogP contribution in [0.25, 0.3) is 0 Å². The molecule has 1 aromatic rings. The summed E-state index contributed by atoms with van der Waals surface area (Å²) in [6.07, 6.45) is 8.03. The van der Waals surface area contributed by atoms with E-state index in [0.29, 0.717) is 6.10 Å². The average Bonchev–Trinajstić information content (AvgIpc) is 2.73. The molecule has 0 saturated heterocycles. The third kappa shape index (κ3) is 3.20. The normalized spacial score (nSPS) is 18.6. The Morgan fingerprint density at radius 2 is 2.19 bits per heavy atom. The van der Waals surface area contributed by atoms with Gasteiger partial charge in [-0.1, -0.05) is 6.07 Å². The third-order valence-corrected chi connectivity index (χ3v) is 2.94. The molecule has 1 aromatic heterocycles. The minimum absolute atomic E-state index is 0.184. The lowest BCUT2D eigenvalue weighted by atomic mass is 10.1. The monoisotopic (exact) mass is 220 g/mol. The molecule has 88 valence electrons. The van der Waals surface area contributed by atoms with Gasteiger partial charge in [-0.15, -0.1) is 0 Å². The number of pyridine rings is 1. The Bertz CT molecular complexity index is 315. The Kier molecular flexibility index (Phi) is 3.78. The highest BCUT2D eigenvalue weighted by molar-refractivity contribution is 5.18. The highest BCUT2D eigenvalue weighted by atomic mass is 16.5. The lowest BCUT2D eigenvalue weighted by Crippen LogP contribution is -2.18. The molecule has 0 bridgehead atoms. The standard InChI is InChI=1S/C13H20N2O/c1-10(14)8-11-6-7-13(15-9-11)16-12-4-2-3-5-12/h6-7,9-10,12H,2-5,8,14H2,1H3. The molecule has 0 radical (unpaired) electrons. The quantitative estimate of drug-likeness (QED) is 0.847. The van der Waals surface area contributed by atoms with Gasteiger partial charge in [-0.3, -0.25) is 0 Å². The Hall–Kier alpha value is -1.09. The molecule has 1 heterocycles. The minimum atomic E-state index is 0.184. The van der Waals surface area contributed by atoms with Gasteiger partial charge < -0.3 is 10.5 Å². The van der Waals surface area contributed by atoms with Crippen molar-refractivity contribution in [2.75, 3.05) is 0 Å². The summed E-state index contributed by atoms with van der Waals surface area (Å²) in [5, 5.41) is 0. The molecule has 2 N–H and O–H groups in total. The molecular weight excluding hydrogens is 200 g/mol. The van der Waals surface area contributed by atoms with Crippen LogP contribution in [0.1, 0.15) is 38.2 Å². The maximum absolute atomic E-state index is 5.79. The first-order valence-electron chi connectivity index (χ1n) is 6.11. The molecule has 1 aliphatic rings. The van der Waals surface area contributed by atoms with E-state index in [2.05, 4.69) is 11.1 Å². The van der Waals surface area contributed by atoms with Gasteiger partial charge >= 0.3 is 0 Å². The average molecular weight is 220 g/mol. The lowest BCUT2D eigenvalue weighted by molar-refractivity contribution is 0.201. The van der Waals surface area contributed by atoms with Crippen molar-refractivity contribution in [1.82, 2.24) is 4.98 Å². The minimum Gasteiger partial charge on any atom is -0.474 e. The van der Waals surface area contributed by atoms with Crippen LogP contribution in [0.4, 0.5) is 0 Å². The van der Waals surface area contributed by atoms with Crippen LogP contribution in [-0.2, 0) is 6.42 Å². The summed E-state index contributed by atoms with van der Waals surface area (Å²) >= 11 is 0. The molecule has 1 unspecified atom stereocenters. The topological polar surface area (TPSA) is 48.1 Å². The fourth-order valence-electron chi connectivity index (χ4n) is 2.15. The van der Waals surface area contributed by atoms with Gasteiger partial charge in [0.05, 0.1) is 0 Å². The fourth-order valence-corrected chi connectivity index (χ4v) is 2.15. The van der Waals surface area contributed by atoms with E-state index in [-0.39, 0.29) is 6.04 Å².